The molecule has 6 nitrogen and oxygen atoms in total. The topological polar surface area (TPSA) is 49.3 Å². The minimum absolute atomic E-state index is 0. The van der Waals surface area contributed by atoms with Crippen LogP contribution in [0.4, 0.5) is 0 Å². The summed E-state index contributed by atoms with van der Waals surface area (Å²) in [6, 6.07) is 17.3. The molecule has 0 saturated carbocycles. The van der Waals surface area contributed by atoms with Crippen LogP contribution in [0.1, 0.15) is 29.0 Å². The number of benzene rings is 2. The standard InChI is InChI=1S/C25H34N4O2.HI/c1-26-25(29-11-10-23(19-29)22-6-8-24(30-2)9-7-22)27-17-20-4-3-5-21(16-20)18-28-12-14-31-15-13-28;/h3-9,16,23H,10-15,17-19H2,1-2H3,(H,26,27);1H. The maximum Gasteiger partial charge on any atom is 0.193 e. The summed E-state index contributed by atoms with van der Waals surface area (Å²) in [4.78, 5) is 9.37. The van der Waals surface area contributed by atoms with E-state index in [0.717, 1.165) is 70.6 Å². The number of guanidine groups is 1. The van der Waals surface area contributed by atoms with Crippen molar-refractivity contribution in [3.8, 4) is 5.75 Å². The molecule has 2 fully saturated rings. The van der Waals surface area contributed by atoms with Crippen molar-refractivity contribution in [2.24, 2.45) is 4.99 Å². The zero-order valence-electron chi connectivity index (χ0n) is 19.1. The Kier molecular flexibility index (Phi) is 9.62. The van der Waals surface area contributed by atoms with Crippen molar-refractivity contribution in [3.05, 3.63) is 65.2 Å². The number of hydrogen-bond donors (Lipinski definition) is 1. The fourth-order valence-electron chi connectivity index (χ4n) is 4.47. The molecule has 0 aromatic heterocycles. The summed E-state index contributed by atoms with van der Waals surface area (Å²) in [5, 5.41) is 3.57. The molecule has 0 bridgehead atoms. The summed E-state index contributed by atoms with van der Waals surface area (Å²) in [5.74, 6) is 2.42. The van der Waals surface area contributed by atoms with Gasteiger partial charge in [-0.15, -0.1) is 24.0 Å². The number of nitrogens with zero attached hydrogens (tertiary/aromatic N) is 3. The van der Waals surface area contributed by atoms with Gasteiger partial charge in [0.2, 0.25) is 0 Å². The fourth-order valence-corrected chi connectivity index (χ4v) is 4.47. The second kappa shape index (κ2) is 12.4. The zero-order valence-corrected chi connectivity index (χ0v) is 21.5. The highest BCUT2D eigenvalue weighted by atomic mass is 127. The lowest BCUT2D eigenvalue weighted by molar-refractivity contribution is 0.0342. The Balaban J connectivity index is 0.00000289. The van der Waals surface area contributed by atoms with Crippen LogP contribution in [0.5, 0.6) is 5.75 Å². The molecular weight excluding hydrogens is 515 g/mol. The van der Waals surface area contributed by atoms with Gasteiger partial charge in [-0.3, -0.25) is 9.89 Å². The number of hydrogen-bond acceptors (Lipinski definition) is 4. The molecule has 2 aliphatic rings. The maximum atomic E-state index is 5.46. The number of aliphatic imine (C=N–C) groups is 1. The van der Waals surface area contributed by atoms with Gasteiger partial charge in [-0.1, -0.05) is 36.4 Å². The highest BCUT2D eigenvalue weighted by Crippen LogP contribution is 2.28. The number of likely N-dealkylation sites (tertiary alicyclic amines) is 1. The predicted octanol–water partition coefficient (Wildman–Crippen LogP) is 3.71. The highest BCUT2D eigenvalue weighted by Gasteiger charge is 2.26. The third-order valence-corrected chi connectivity index (χ3v) is 6.24. The number of methoxy groups -OCH3 is 1. The molecule has 2 saturated heterocycles. The van der Waals surface area contributed by atoms with Gasteiger partial charge in [0.15, 0.2) is 5.96 Å². The summed E-state index contributed by atoms with van der Waals surface area (Å²) in [5.41, 5.74) is 4.02. The monoisotopic (exact) mass is 550 g/mol. The lowest BCUT2D eigenvalue weighted by Crippen LogP contribution is -2.39. The second-order valence-electron chi connectivity index (χ2n) is 8.31. The lowest BCUT2D eigenvalue weighted by atomic mass is 9.98. The van der Waals surface area contributed by atoms with Crippen LogP contribution in [0.15, 0.2) is 53.5 Å². The Labute approximate surface area is 209 Å². The Morgan fingerprint density at radius 2 is 1.84 bits per heavy atom. The summed E-state index contributed by atoms with van der Waals surface area (Å²) < 4.78 is 10.7. The molecule has 174 valence electrons. The number of ether oxygens (including phenoxy) is 2. The number of morpholine rings is 1. The van der Waals surface area contributed by atoms with Crippen LogP contribution in [-0.4, -0.2) is 69.3 Å². The molecule has 1 unspecified atom stereocenters. The molecule has 0 radical (unpaired) electrons. The van der Waals surface area contributed by atoms with Crippen molar-refractivity contribution in [2.45, 2.75) is 25.4 Å². The SMILES string of the molecule is CN=C(NCc1cccc(CN2CCOCC2)c1)N1CCC(c2ccc(OC)cc2)C1.I. The van der Waals surface area contributed by atoms with Crippen molar-refractivity contribution in [2.75, 3.05) is 53.6 Å². The van der Waals surface area contributed by atoms with Gasteiger partial charge >= 0.3 is 0 Å². The number of nitrogens with one attached hydrogen (secondary N) is 1. The lowest BCUT2D eigenvalue weighted by Gasteiger charge is -2.26. The molecule has 32 heavy (non-hydrogen) atoms. The van der Waals surface area contributed by atoms with Crippen molar-refractivity contribution in [1.29, 1.82) is 0 Å². The van der Waals surface area contributed by atoms with Crippen molar-refractivity contribution >= 4 is 29.9 Å². The van der Waals surface area contributed by atoms with Gasteiger partial charge in [-0.25, -0.2) is 0 Å². The summed E-state index contributed by atoms with van der Waals surface area (Å²) >= 11 is 0. The summed E-state index contributed by atoms with van der Waals surface area (Å²) in [6.07, 6.45) is 1.14. The van der Waals surface area contributed by atoms with E-state index in [4.69, 9.17) is 9.47 Å². The van der Waals surface area contributed by atoms with Crippen LogP contribution >= 0.6 is 24.0 Å². The van der Waals surface area contributed by atoms with Gasteiger partial charge in [0.1, 0.15) is 5.75 Å². The zero-order chi connectivity index (χ0) is 21.5. The molecule has 1 atom stereocenters. The largest absolute Gasteiger partial charge is 0.497 e. The van der Waals surface area contributed by atoms with E-state index in [9.17, 15) is 0 Å². The molecule has 1 N–H and O–H groups in total. The first-order chi connectivity index (χ1) is 15.2. The Morgan fingerprint density at radius 3 is 2.56 bits per heavy atom. The maximum absolute atomic E-state index is 5.46. The minimum Gasteiger partial charge on any atom is -0.497 e. The molecule has 2 aliphatic heterocycles. The molecule has 0 aliphatic carbocycles. The van der Waals surface area contributed by atoms with Gasteiger partial charge in [0.05, 0.1) is 20.3 Å². The molecule has 2 heterocycles. The first kappa shape index (κ1) is 24.8. The van der Waals surface area contributed by atoms with E-state index < -0.39 is 0 Å². The smallest absolute Gasteiger partial charge is 0.193 e. The van der Waals surface area contributed by atoms with E-state index in [1.165, 1.54) is 16.7 Å². The third kappa shape index (κ3) is 6.59. The van der Waals surface area contributed by atoms with E-state index in [1.54, 1.807) is 7.11 Å². The van der Waals surface area contributed by atoms with E-state index in [2.05, 4.69) is 68.6 Å². The number of halogens is 1. The van der Waals surface area contributed by atoms with Crippen LogP contribution in [0.3, 0.4) is 0 Å². The van der Waals surface area contributed by atoms with Crippen LogP contribution in [0.2, 0.25) is 0 Å². The molecule has 4 rings (SSSR count). The molecule has 0 spiro atoms. The van der Waals surface area contributed by atoms with Crippen molar-refractivity contribution in [1.82, 2.24) is 15.1 Å². The fraction of sp³-hybridized carbons (Fsp3) is 0.480. The summed E-state index contributed by atoms with van der Waals surface area (Å²) in [7, 11) is 3.58. The Bertz CT molecular complexity index is 869. The van der Waals surface area contributed by atoms with Gasteiger partial charge in [-0.2, -0.15) is 0 Å². The molecule has 0 amide bonds. The Morgan fingerprint density at radius 1 is 1.09 bits per heavy atom. The minimum atomic E-state index is 0. The van der Waals surface area contributed by atoms with Crippen LogP contribution in [0, 0.1) is 0 Å². The normalized spacial score (nSPS) is 19.5. The molecule has 2 aromatic rings. The quantitative estimate of drug-likeness (QED) is 0.338. The first-order valence-electron chi connectivity index (χ1n) is 11.2. The first-order valence-corrected chi connectivity index (χ1v) is 11.2. The average Bonchev–Trinajstić information content (AvgIpc) is 3.31. The van der Waals surface area contributed by atoms with E-state index in [0.29, 0.717) is 5.92 Å². The van der Waals surface area contributed by atoms with Crippen LogP contribution in [0.25, 0.3) is 0 Å². The van der Waals surface area contributed by atoms with Gasteiger partial charge in [0, 0.05) is 52.2 Å². The van der Waals surface area contributed by atoms with Crippen LogP contribution in [-0.2, 0) is 17.8 Å². The number of rotatable bonds is 6. The highest BCUT2D eigenvalue weighted by molar-refractivity contribution is 14.0. The Hall–Kier alpha value is -1.84. The third-order valence-electron chi connectivity index (χ3n) is 6.24. The van der Waals surface area contributed by atoms with Gasteiger partial charge < -0.3 is 19.7 Å². The molecular formula is C25H35IN4O2. The average molecular weight is 550 g/mol. The molecule has 7 heteroatoms. The second-order valence-corrected chi connectivity index (χ2v) is 8.31. The van der Waals surface area contributed by atoms with E-state index in [-0.39, 0.29) is 24.0 Å². The van der Waals surface area contributed by atoms with E-state index in [1.807, 2.05) is 7.05 Å². The van der Waals surface area contributed by atoms with Crippen molar-refractivity contribution in [3.63, 3.8) is 0 Å². The van der Waals surface area contributed by atoms with E-state index >= 15 is 0 Å². The van der Waals surface area contributed by atoms with Crippen molar-refractivity contribution < 1.29 is 9.47 Å². The van der Waals surface area contributed by atoms with Gasteiger partial charge in [0.25, 0.3) is 0 Å². The molecule has 2 aromatic carbocycles. The van der Waals surface area contributed by atoms with Crippen LogP contribution < -0.4 is 10.1 Å². The summed E-state index contributed by atoms with van der Waals surface area (Å²) in [6.45, 7) is 7.49. The predicted molar refractivity (Wildman–Crippen MR) is 140 cm³/mol. The van der Waals surface area contributed by atoms with Gasteiger partial charge in [-0.05, 0) is 35.2 Å².